The van der Waals surface area contributed by atoms with Crippen LogP contribution in [0.4, 0.5) is 0 Å². The lowest BCUT2D eigenvalue weighted by Crippen LogP contribution is -2.48. The van der Waals surface area contributed by atoms with Gasteiger partial charge in [-0.05, 0) is 92.3 Å². The zero-order valence-corrected chi connectivity index (χ0v) is 14.5. The van der Waals surface area contributed by atoms with Crippen molar-refractivity contribution in [2.75, 3.05) is 0 Å². The van der Waals surface area contributed by atoms with Crippen molar-refractivity contribution in [2.45, 2.75) is 89.9 Å². The van der Waals surface area contributed by atoms with E-state index in [0.717, 1.165) is 29.6 Å². The van der Waals surface area contributed by atoms with Gasteiger partial charge >= 0.3 is 0 Å². The Balaban J connectivity index is 1.35. The summed E-state index contributed by atoms with van der Waals surface area (Å²) in [6.45, 7) is 0. The third-order valence-corrected chi connectivity index (χ3v) is 9.21. The van der Waals surface area contributed by atoms with E-state index < -0.39 is 0 Å². The van der Waals surface area contributed by atoms with Gasteiger partial charge in [0.05, 0.1) is 0 Å². The first-order valence-electron chi connectivity index (χ1n) is 10.9. The molecule has 0 amide bonds. The van der Waals surface area contributed by atoms with Gasteiger partial charge < -0.3 is 0 Å². The van der Waals surface area contributed by atoms with Crippen molar-refractivity contribution < 1.29 is 0 Å². The highest BCUT2D eigenvalue weighted by molar-refractivity contribution is 5.00. The first-order valence-corrected chi connectivity index (χ1v) is 10.9. The second kappa shape index (κ2) is 5.82. The Labute approximate surface area is 137 Å². The first kappa shape index (κ1) is 14.4. The van der Waals surface area contributed by atoms with E-state index in [0.29, 0.717) is 0 Å². The molecule has 0 spiro atoms. The summed E-state index contributed by atoms with van der Waals surface area (Å²) in [4.78, 5) is 0. The minimum absolute atomic E-state index is 1.15. The van der Waals surface area contributed by atoms with E-state index in [9.17, 15) is 0 Å². The van der Waals surface area contributed by atoms with Gasteiger partial charge in [-0.1, -0.05) is 44.9 Å². The van der Waals surface area contributed by atoms with Gasteiger partial charge in [0.2, 0.25) is 0 Å². The second-order valence-corrected chi connectivity index (χ2v) is 9.89. The van der Waals surface area contributed by atoms with E-state index in [1.807, 2.05) is 0 Å². The van der Waals surface area contributed by atoms with Crippen LogP contribution in [0.3, 0.4) is 0 Å². The Hall–Kier alpha value is 0. The van der Waals surface area contributed by atoms with Crippen molar-refractivity contribution in [3.63, 3.8) is 0 Å². The largest absolute Gasteiger partial charge is 0.0530 e. The van der Waals surface area contributed by atoms with Gasteiger partial charge in [0.15, 0.2) is 0 Å². The molecule has 5 aliphatic rings. The number of fused-ring (bicyclic) bond motifs is 6. The fraction of sp³-hybridized carbons (Fsp3) is 1.00. The summed E-state index contributed by atoms with van der Waals surface area (Å²) in [5.41, 5.74) is 0. The molecule has 22 heavy (non-hydrogen) atoms. The molecule has 0 bridgehead atoms. The van der Waals surface area contributed by atoms with E-state index in [1.165, 1.54) is 17.8 Å². The van der Waals surface area contributed by atoms with Gasteiger partial charge in [-0.25, -0.2) is 0 Å². The Morgan fingerprint density at radius 3 is 1.73 bits per heavy atom. The van der Waals surface area contributed by atoms with Gasteiger partial charge in [0, 0.05) is 0 Å². The summed E-state index contributed by atoms with van der Waals surface area (Å²) < 4.78 is 0. The topological polar surface area (TPSA) is 0 Å². The van der Waals surface area contributed by atoms with Crippen LogP contribution in [-0.2, 0) is 0 Å². The average Bonchev–Trinajstić information content (AvgIpc) is 2.59. The fourth-order valence-corrected chi connectivity index (χ4v) is 8.33. The Morgan fingerprint density at radius 2 is 0.909 bits per heavy atom. The highest BCUT2D eigenvalue weighted by Crippen LogP contribution is 2.59. The summed E-state index contributed by atoms with van der Waals surface area (Å²) in [5, 5.41) is 0. The molecule has 8 atom stereocenters. The molecule has 5 rings (SSSR count). The van der Waals surface area contributed by atoms with Crippen LogP contribution in [0.25, 0.3) is 0 Å². The van der Waals surface area contributed by atoms with Crippen LogP contribution in [0.2, 0.25) is 0 Å². The zero-order valence-electron chi connectivity index (χ0n) is 14.5. The predicted octanol–water partition coefficient (Wildman–Crippen LogP) is 6.45. The molecule has 0 saturated heterocycles. The highest BCUT2D eigenvalue weighted by atomic mass is 14.6. The van der Waals surface area contributed by atoms with Crippen LogP contribution in [0.5, 0.6) is 0 Å². The molecule has 0 N–H and O–H groups in total. The normalized spacial score (nSPS) is 54.5. The Kier molecular flexibility index (Phi) is 3.79. The molecular weight excluding hydrogens is 264 g/mol. The Morgan fingerprint density at radius 1 is 0.318 bits per heavy atom. The Bertz CT molecular complexity index is 397. The minimum atomic E-state index is 1.15. The average molecular weight is 301 g/mol. The van der Waals surface area contributed by atoms with Crippen molar-refractivity contribution in [1.29, 1.82) is 0 Å². The quantitative estimate of drug-likeness (QED) is 0.482. The second-order valence-electron chi connectivity index (χ2n) is 9.89. The molecule has 0 radical (unpaired) electrons. The molecule has 5 saturated carbocycles. The van der Waals surface area contributed by atoms with E-state index >= 15 is 0 Å². The molecule has 5 aliphatic carbocycles. The third kappa shape index (κ3) is 2.30. The van der Waals surface area contributed by atoms with Crippen LogP contribution in [0, 0.1) is 47.3 Å². The predicted molar refractivity (Wildman–Crippen MR) is 92.6 cm³/mol. The van der Waals surface area contributed by atoms with Crippen molar-refractivity contribution in [3.05, 3.63) is 0 Å². The monoisotopic (exact) mass is 300 g/mol. The van der Waals surface area contributed by atoms with Crippen molar-refractivity contribution >= 4 is 0 Å². The van der Waals surface area contributed by atoms with Crippen LogP contribution in [0.15, 0.2) is 0 Å². The molecule has 0 aromatic heterocycles. The SMILES string of the molecule is C1CCC2CC3C(CCC4C5CCCCC5CCC34)CC2C1. The maximum absolute atomic E-state index is 1.66. The lowest BCUT2D eigenvalue weighted by molar-refractivity contribution is -0.0674. The minimum Gasteiger partial charge on any atom is -0.0530 e. The van der Waals surface area contributed by atoms with Crippen molar-refractivity contribution in [2.24, 2.45) is 47.3 Å². The standard InChI is InChI=1S/C22H36/c1-2-7-17-14-22-18(13-16(17)6-1)10-12-20-19-8-4-3-5-15(19)9-11-21(20)22/h15-22H,1-14H2. The summed E-state index contributed by atoms with van der Waals surface area (Å²) in [7, 11) is 0. The van der Waals surface area contributed by atoms with E-state index in [1.54, 1.807) is 89.9 Å². The summed E-state index contributed by atoms with van der Waals surface area (Å²) >= 11 is 0. The van der Waals surface area contributed by atoms with Crippen molar-refractivity contribution in [1.82, 2.24) is 0 Å². The third-order valence-electron chi connectivity index (χ3n) is 9.21. The first-order chi connectivity index (χ1) is 10.9. The molecule has 8 unspecified atom stereocenters. The summed E-state index contributed by atoms with van der Waals surface area (Å²) in [6, 6.07) is 0. The number of hydrogen-bond donors (Lipinski definition) is 0. The molecule has 0 aromatic rings. The zero-order chi connectivity index (χ0) is 14.5. The van der Waals surface area contributed by atoms with Gasteiger partial charge in [-0.2, -0.15) is 0 Å². The highest BCUT2D eigenvalue weighted by Gasteiger charge is 2.50. The molecule has 0 nitrogen and oxygen atoms in total. The maximum atomic E-state index is 1.66. The number of hydrogen-bond acceptors (Lipinski definition) is 0. The van der Waals surface area contributed by atoms with E-state index in [4.69, 9.17) is 0 Å². The van der Waals surface area contributed by atoms with E-state index in [2.05, 4.69) is 0 Å². The van der Waals surface area contributed by atoms with Crippen LogP contribution >= 0.6 is 0 Å². The molecule has 5 fully saturated rings. The van der Waals surface area contributed by atoms with Crippen LogP contribution in [-0.4, -0.2) is 0 Å². The van der Waals surface area contributed by atoms with Gasteiger partial charge in [-0.15, -0.1) is 0 Å². The van der Waals surface area contributed by atoms with Gasteiger partial charge in [-0.3, -0.25) is 0 Å². The molecule has 0 heteroatoms. The van der Waals surface area contributed by atoms with Crippen LogP contribution < -0.4 is 0 Å². The van der Waals surface area contributed by atoms with Gasteiger partial charge in [0.1, 0.15) is 0 Å². The fourth-order valence-electron chi connectivity index (χ4n) is 8.33. The molecule has 0 heterocycles. The summed E-state index contributed by atoms with van der Waals surface area (Å²) in [6.07, 6.45) is 22.4. The number of rotatable bonds is 0. The molecule has 0 aromatic carbocycles. The molecule has 0 aliphatic heterocycles. The molecular formula is C22H36. The maximum Gasteiger partial charge on any atom is -0.0352 e. The lowest BCUT2D eigenvalue weighted by Gasteiger charge is -2.56. The summed E-state index contributed by atoms with van der Waals surface area (Å²) in [5.74, 6) is 9.27. The molecule has 124 valence electrons. The van der Waals surface area contributed by atoms with Crippen LogP contribution in [0.1, 0.15) is 89.9 Å². The van der Waals surface area contributed by atoms with E-state index in [-0.39, 0.29) is 0 Å². The van der Waals surface area contributed by atoms with Crippen molar-refractivity contribution in [3.8, 4) is 0 Å². The van der Waals surface area contributed by atoms with Gasteiger partial charge in [0.25, 0.3) is 0 Å². The smallest absolute Gasteiger partial charge is 0.0352 e. The lowest BCUT2D eigenvalue weighted by atomic mass is 9.49.